The summed E-state index contributed by atoms with van der Waals surface area (Å²) in [7, 11) is 1.69. The molecule has 7 nitrogen and oxygen atoms in total. The number of hydrogen-bond donors (Lipinski definition) is 4. The van der Waals surface area contributed by atoms with Gasteiger partial charge in [0.05, 0.1) is 7.11 Å². The standard InChI is InChI=1S/C25H26N6O/c1-16-11-19-12-17(3-5-22(19)30-16)14-29-24-8-10-27-25(31-24)26-9-7-18-15-28-23-6-4-20(32-2)13-21(18)23/h3-6,8,10-13,15,28,30H,7,9,14H2,1-2H3,(H2,26,27,29,31). The highest BCUT2D eigenvalue weighted by atomic mass is 16.5. The molecule has 0 unspecified atom stereocenters. The van der Waals surface area contributed by atoms with Gasteiger partial charge < -0.3 is 25.3 Å². The van der Waals surface area contributed by atoms with Crippen LogP contribution in [0.2, 0.25) is 0 Å². The third-order valence-electron chi connectivity index (χ3n) is 5.60. The summed E-state index contributed by atoms with van der Waals surface area (Å²) in [5.41, 5.74) is 5.88. The first kappa shape index (κ1) is 19.9. The molecular weight excluding hydrogens is 400 g/mol. The number of anilines is 2. The Morgan fingerprint density at radius 3 is 2.81 bits per heavy atom. The van der Waals surface area contributed by atoms with Crippen LogP contribution < -0.4 is 15.4 Å². The van der Waals surface area contributed by atoms with E-state index in [4.69, 9.17) is 4.74 Å². The second-order valence-corrected chi connectivity index (χ2v) is 7.90. The summed E-state index contributed by atoms with van der Waals surface area (Å²) in [6.45, 7) is 3.51. The highest BCUT2D eigenvalue weighted by Gasteiger charge is 2.06. The van der Waals surface area contributed by atoms with E-state index in [1.165, 1.54) is 27.6 Å². The van der Waals surface area contributed by atoms with Crippen LogP contribution in [0.4, 0.5) is 11.8 Å². The largest absolute Gasteiger partial charge is 0.497 e. The molecular formula is C25H26N6O. The molecule has 5 aromatic rings. The van der Waals surface area contributed by atoms with Crippen molar-refractivity contribution < 1.29 is 4.74 Å². The molecule has 2 aromatic carbocycles. The number of aromatic nitrogens is 4. The van der Waals surface area contributed by atoms with Crippen molar-refractivity contribution in [3.63, 3.8) is 0 Å². The van der Waals surface area contributed by atoms with Crippen molar-refractivity contribution in [3.8, 4) is 5.75 Å². The van der Waals surface area contributed by atoms with Gasteiger partial charge in [0.2, 0.25) is 5.95 Å². The van der Waals surface area contributed by atoms with Crippen LogP contribution in [-0.2, 0) is 13.0 Å². The molecule has 0 atom stereocenters. The maximum atomic E-state index is 5.35. The summed E-state index contributed by atoms with van der Waals surface area (Å²) in [6, 6.07) is 16.6. The Morgan fingerprint density at radius 2 is 1.91 bits per heavy atom. The number of nitrogens with zero attached hydrogens (tertiary/aromatic N) is 2. The van der Waals surface area contributed by atoms with Crippen LogP contribution in [0, 0.1) is 6.92 Å². The minimum absolute atomic E-state index is 0.615. The van der Waals surface area contributed by atoms with Gasteiger partial charge in [0.25, 0.3) is 0 Å². The topological polar surface area (TPSA) is 90.6 Å². The summed E-state index contributed by atoms with van der Waals surface area (Å²) in [5, 5.41) is 9.13. The first-order valence-corrected chi connectivity index (χ1v) is 10.7. The third kappa shape index (κ3) is 4.23. The van der Waals surface area contributed by atoms with Crippen molar-refractivity contribution in [1.82, 2.24) is 19.9 Å². The molecule has 0 aliphatic rings. The van der Waals surface area contributed by atoms with Gasteiger partial charge >= 0.3 is 0 Å². The molecule has 162 valence electrons. The summed E-state index contributed by atoms with van der Waals surface area (Å²) in [5.74, 6) is 2.27. The van der Waals surface area contributed by atoms with Crippen LogP contribution in [0.1, 0.15) is 16.8 Å². The van der Waals surface area contributed by atoms with Crippen molar-refractivity contribution in [3.05, 3.63) is 77.7 Å². The van der Waals surface area contributed by atoms with Gasteiger partial charge in [-0.15, -0.1) is 0 Å². The van der Waals surface area contributed by atoms with E-state index in [9.17, 15) is 0 Å². The van der Waals surface area contributed by atoms with Crippen LogP contribution in [-0.4, -0.2) is 33.6 Å². The van der Waals surface area contributed by atoms with Gasteiger partial charge in [0.15, 0.2) is 0 Å². The van der Waals surface area contributed by atoms with E-state index in [1.54, 1.807) is 13.3 Å². The Labute approximate surface area is 186 Å². The SMILES string of the molecule is COc1ccc2[nH]cc(CCNc3nccc(NCc4ccc5[nH]c(C)cc5c4)n3)c2c1. The van der Waals surface area contributed by atoms with Gasteiger partial charge in [-0.25, -0.2) is 4.98 Å². The average Bonchev–Trinajstić information content (AvgIpc) is 3.39. The maximum absolute atomic E-state index is 5.35. The molecule has 0 amide bonds. The summed E-state index contributed by atoms with van der Waals surface area (Å²) in [6.07, 6.45) is 4.67. The van der Waals surface area contributed by atoms with Crippen molar-refractivity contribution in [1.29, 1.82) is 0 Å². The highest BCUT2D eigenvalue weighted by molar-refractivity contribution is 5.84. The predicted molar refractivity (Wildman–Crippen MR) is 129 cm³/mol. The Balaban J connectivity index is 1.19. The number of aryl methyl sites for hydroxylation is 1. The van der Waals surface area contributed by atoms with Crippen molar-refractivity contribution in [2.45, 2.75) is 19.9 Å². The van der Waals surface area contributed by atoms with Gasteiger partial charge in [-0.3, -0.25) is 0 Å². The zero-order chi connectivity index (χ0) is 21.9. The molecule has 0 bridgehead atoms. The fourth-order valence-corrected chi connectivity index (χ4v) is 3.97. The quantitative estimate of drug-likeness (QED) is 0.280. The Kier molecular flexibility index (Phi) is 5.37. The van der Waals surface area contributed by atoms with E-state index in [0.29, 0.717) is 12.5 Å². The second-order valence-electron chi connectivity index (χ2n) is 7.90. The number of rotatable bonds is 8. The number of ether oxygens (including phenoxy) is 1. The van der Waals surface area contributed by atoms with Crippen LogP contribution >= 0.6 is 0 Å². The minimum Gasteiger partial charge on any atom is -0.497 e. The maximum Gasteiger partial charge on any atom is 0.224 e. The Hall–Kier alpha value is -4.00. The molecule has 0 spiro atoms. The van der Waals surface area contributed by atoms with Crippen LogP contribution in [0.3, 0.4) is 0 Å². The van der Waals surface area contributed by atoms with E-state index >= 15 is 0 Å². The van der Waals surface area contributed by atoms with Gasteiger partial charge in [-0.1, -0.05) is 6.07 Å². The molecule has 0 radical (unpaired) electrons. The molecule has 5 rings (SSSR count). The van der Waals surface area contributed by atoms with E-state index in [2.05, 4.69) is 67.8 Å². The molecule has 0 saturated carbocycles. The lowest BCUT2D eigenvalue weighted by Gasteiger charge is -2.09. The summed E-state index contributed by atoms with van der Waals surface area (Å²) in [4.78, 5) is 15.6. The number of aromatic amines is 2. The fourth-order valence-electron chi connectivity index (χ4n) is 3.97. The third-order valence-corrected chi connectivity index (χ3v) is 5.60. The monoisotopic (exact) mass is 426 g/mol. The van der Waals surface area contributed by atoms with E-state index in [1.807, 2.05) is 24.4 Å². The lowest BCUT2D eigenvalue weighted by Crippen LogP contribution is -2.09. The molecule has 0 aliphatic carbocycles. The van der Waals surface area contributed by atoms with E-state index in [-0.39, 0.29) is 0 Å². The number of fused-ring (bicyclic) bond motifs is 2. The molecule has 3 heterocycles. The van der Waals surface area contributed by atoms with Gasteiger partial charge in [0.1, 0.15) is 11.6 Å². The Bertz CT molecular complexity index is 1370. The molecule has 0 aliphatic heterocycles. The van der Waals surface area contributed by atoms with Crippen LogP contribution in [0.5, 0.6) is 5.75 Å². The smallest absolute Gasteiger partial charge is 0.224 e. The summed E-state index contributed by atoms with van der Waals surface area (Å²) < 4.78 is 5.35. The van der Waals surface area contributed by atoms with Crippen LogP contribution in [0.25, 0.3) is 21.8 Å². The molecule has 0 fully saturated rings. The lowest BCUT2D eigenvalue weighted by atomic mass is 10.1. The fraction of sp³-hybridized carbons (Fsp3) is 0.200. The molecule has 0 saturated heterocycles. The second kappa shape index (κ2) is 8.63. The van der Waals surface area contributed by atoms with E-state index in [0.717, 1.165) is 35.6 Å². The molecule has 4 N–H and O–H groups in total. The predicted octanol–water partition coefficient (Wildman–Crippen LogP) is 5.02. The van der Waals surface area contributed by atoms with Gasteiger partial charge in [0, 0.05) is 47.6 Å². The number of nitrogens with one attached hydrogen (secondary N) is 4. The van der Waals surface area contributed by atoms with Crippen LogP contribution in [0.15, 0.2) is 60.9 Å². The van der Waals surface area contributed by atoms with Crippen molar-refractivity contribution >= 4 is 33.6 Å². The van der Waals surface area contributed by atoms with Gasteiger partial charge in [-0.2, -0.15) is 4.98 Å². The number of methoxy groups -OCH3 is 1. The van der Waals surface area contributed by atoms with Gasteiger partial charge in [-0.05, 0) is 72.3 Å². The lowest BCUT2D eigenvalue weighted by molar-refractivity contribution is 0.415. The number of hydrogen-bond acceptors (Lipinski definition) is 5. The van der Waals surface area contributed by atoms with Crippen molar-refractivity contribution in [2.24, 2.45) is 0 Å². The van der Waals surface area contributed by atoms with E-state index < -0.39 is 0 Å². The zero-order valence-corrected chi connectivity index (χ0v) is 18.2. The minimum atomic E-state index is 0.615. The highest BCUT2D eigenvalue weighted by Crippen LogP contribution is 2.24. The van der Waals surface area contributed by atoms with Crippen molar-refractivity contribution in [2.75, 3.05) is 24.3 Å². The molecule has 3 aromatic heterocycles. The summed E-state index contributed by atoms with van der Waals surface area (Å²) >= 11 is 0. The normalized spacial score (nSPS) is 11.2. The molecule has 7 heteroatoms. The molecule has 32 heavy (non-hydrogen) atoms. The first-order valence-electron chi connectivity index (χ1n) is 10.7. The number of H-pyrrole nitrogens is 2. The number of benzene rings is 2. The average molecular weight is 427 g/mol. The first-order chi connectivity index (χ1) is 15.7. The zero-order valence-electron chi connectivity index (χ0n) is 18.2. The Morgan fingerprint density at radius 1 is 1.00 bits per heavy atom.